The van der Waals surface area contributed by atoms with E-state index in [0.717, 1.165) is 11.8 Å². The fraction of sp³-hybridized carbons (Fsp3) is 0.211. The highest BCUT2D eigenvalue weighted by Gasteiger charge is 2.23. The van der Waals surface area contributed by atoms with Crippen molar-refractivity contribution in [2.45, 2.75) is 12.5 Å². The van der Waals surface area contributed by atoms with E-state index in [1.54, 1.807) is 12.1 Å². The molecule has 2 aromatic carbocycles. The summed E-state index contributed by atoms with van der Waals surface area (Å²) in [6.07, 6.45) is 1.05. The second-order valence-electron chi connectivity index (χ2n) is 5.43. The van der Waals surface area contributed by atoms with Crippen LogP contribution in [0.5, 0.6) is 11.5 Å². The molecule has 0 aliphatic heterocycles. The minimum atomic E-state index is -0.867. The Morgan fingerprint density at radius 3 is 2.42 bits per heavy atom. The largest absolute Gasteiger partial charge is 0.493 e. The first kappa shape index (κ1) is 18.9. The maximum absolute atomic E-state index is 12.6. The highest BCUT2D eigenvalue weighted by atomic mass is 16.5. The van der Waals surface area contributed by atoms with Crippen molar-refractivity contribution in [3.8, 4) is 11.5 Å². The van der Waals surface area contributed by atoms with Gasteiger partial charge in [0.1, 0.15) is 6.04 Å². The van der Waals surface area contributed by atoms with E-state index < -0.39 is 17.7 Å². The van der Waals surface area contributed by atoms with Crippen molar-refractivity contribution in [1.29, 1.82) is 0 Å². The molecule has 1 N–H and O–H groups in total. The van der Waals surface area contributed by atoms with Crippen molar-refractivity contribution in [3.05, 3.63) is 65.2 Å². The molecule has 1 atom stereocenters. The van der Waals surface area contributed by atoms with Gasteiger partial charge in [-0.3, -0.25) is 9.59 Å². The van der Waals surface area contributed by atoms with Gasteiger partial charge in [0, 0.05) is 12.0 Å². The molecule has 0 saturated carbocycles. The molecule has 0 heterocycles. The molecule has 7 heteroatoms. The van der Waals surface area contributed by atoms with E-state index in [-0.39, 0.29) is 6.42 Å². The van der Waals surface area contributed by atoms with Gasteiger partial charge in [-0.15, -0.1) is 0 Å². The zero-order valence-corrected chi connectivity index (χ0v) is 14.5. The third-order valence-corrected chi connectivity index (χ3v) is 3.76. The SMILES string of the molecule is COc1ccc(C(=O)NC(Cc2ccccc2)C(=O)C=[N+]=[N-])cc1OC. The lowest BCUT2D eigenvalue weighted by Gasteiger charge is -2.15. The van der Waals surface area contributed by atoms with Crippen molar-refractivity contribution in [1.82, 2.24) is 5.32 Å². The van der Waals surface area contributed by atoms with Gasteiger partial charge >= 0.3 is 6.21 Å². The molecule has 134 valence electrons. The molecule has 1 unspecified atom stereocenters. The van der Waals surface area contributed by atoms with Crippen LogP contribution in [-0.4, -0.2) is 43.0 Å². The molecule has 2 rings (SSSR count). The summed E-state index contributed by atoms with van der Waals surface area (Å²) in [5.41, 5.74) is 9.81. The molecule has 0 saturated heterocycles. The van der Waals surface area contributed by atoms with E-state index >= 15 is 0 Å². The summed E-state index contributed by atoms with van der Waals surface area (Å²) in [5, 5.41) is 2.67. The molecule has 26 heavy (non-hydrogen) atoms. The molecular weight excluding hydrogens is 334 g/mol. The van der Waals surface area contributed by atoms with Crippen LogP contribution in [0.3, 0.4) is 0 Å². The zero-order valence-electron chi connectivity index (χ0n) is 14.5. The summed E-state index contributed by atoms with van der Waals surface area (Å²) in [7, 11) is 2.97. The van der Waals surface area contributed by atoms with Crippen LogP contribution < -0.4 is 14.8 Å². The molecule has 0 bridgehead atoms. The first-order valence-electron chi connectivity index (χ1n) is 7.87. The van der Waals surface area contributed by atoms with Crippen molar-refractivity contribution in [3.63, 3.8) is 0 Å². The Hall–Kier alpha value is -3.44. The predicted octanol–water partition coefficient (Wildman–Crippen LogP) is 1.91. The summed E-state index contributed by atoms with van der Waals surface area (Å²) < 4.78 is 10.3. The Morgan fingerprint density at radius 1 is 1.12 bits per heavy atom. The van der Waals surface area contributed by atoms with E-state index in [9.17, 15) is 9.59 Å². The van der Waals surface area contributed by atoms with Gasteiger partial charge in [-0.05, 0) is 23.8 Å². The Bertz CT molecular complexity index is 830. The number of hydrogen-bond acceptors (Lipinski definition) is 4. The predicted molar refractivity (Wildman–Crippen MR) is 95.6 cm³/mol. The zero-order chi connectivity index (χ0) is 18.9. The molecular formula is C19H19N3O4. The number of Topliss-reactive ketones (excluding diaryl/α,β-unsaturated/α-hetero) is 1. The van der Waals surface area contributed by atoms with E-state index in [0.29, 0.717) is 17.1 Å². The van der Waals surface area contributed by atoms with Crippen molar-refractivity contribution >= 4 is 17.9 Å². The lowest BCUT2D eigenvalue weighted by molar-refractivity contribution is -0.117. The van der Waals surface area contributed by atoms with E-state index in [2.05, 4.69) is 10.1 Å². The molecule has 7 nitrogen and oxygen atoms in total. The molecule has 1 amide bonds. The van der Waals surface area contributed by atoms with Gasteiger partial charge in [-0.1, -0.05) is 30.3 Å². The van der Waals surface area contributed by atoms with Gasteiger partial charge in [0.05, 0.1) is 14.2 Å². The molecule has 0 aromatic heterocycles. The van der Waals surface area contributed by atoms with Crippen molar-refractivity contribution in [2.24, 2.45) is 0 Å². The Morgan fingerprint density at radius 2 is 1.81 bits per heavy atom. The van der Waals surface area contributed by atoms with Gasteiger partial charge < -0.3 is 20.3 Å². The number of rotatable bonds is 8. The van der Waals surface area contributed by atoms with Crippen LogP contribution in [0.25, 0.3) is 5.53 Å². The Balaban J connectivity index is 2.22. The second kappa shape index (κ2) is 9.15. The second-order valence-corrected chi connectivity index (χ2v) is 5.43. The number of hydrogen-bond donors (Lipinski definition) is 1. The van der Waals surface area contributed by atoms with Crippen LogP contribution in [0.15, 0.2) is 48.5 Å². The average Bonchev–Trinajstić information content (AvgIpc) is 2.67. The quantitative estimate of drug-likeness (QED) is 0.445. The summed E-state index contributed by atoms with van der Waals surface area (Å²) in [6.45, 7) is 0. The molecule has 0 spiro atoms. The number of ketones is 1. The minimum Gasteiger partial charge on any atom is -0.493 e. The summed E-state index contributed by atoms with van der Waals surface area (Å²) in [4.78, 5) is 27.5. The number of methoxy groups -OCH3 is 2. The normalized spacial score (nSPS) is 11.0. The van der Waals surface area contributed by atoms with E-state index in [4.69, 9.17) is 15.0 Å². The first-order valence-corrected chi connectivity index (χ1v) is 7.87. The van der Waals surface area contributed by atoms with Crippen LogP contribution in [0.4, 0.5) is 0 Å². The van der Waals surface area contributed by atoms with Crippen molar-refractivity contribution in [2.75, 3.05) is 14.2 Å². The first-order chi connectivity index (χ1) is 12.6. The Labute approximate surface area is 151 Å². The number of nitrogens with one attached hydrogen (secondary N) is 1. The Kier molecular flexibility index (Phi) is 6.65. The molecule has 2 aromatic rings. The van der Waals surface area contributed by atoms with Crippen LogP contribution in [0, 0.1) is 0 Å². The summed E-state index contributed by atoms with van der Waals surface area (Å²) in [5.74, 6) is -0.0619. The lowest BCUT2D eigenvalue weighted by Crippen LogP contribution is -2.43. The highest BCUT2D eigenvalue weighted by molar-refractivity contribution is 6.28. The van der Waals surface area contributed by atoms with Gasteiger partial charge in [0.25, 0.3) is 11.7 Å². The fourth-order valence-corrected chi connectivity index (χ4v) is 2.44. The molecule has 0 aliphatic rings. The molecule has 0 aliphatic carbocycles. The van der Waals surface area contributed by atoms with Crippen LogP contribution in [0.1, 0.15) is 15.9 Å². The standard InChI is InChI=1S/C19H19N3O4/c1-25-17-9-8-14(11-18(17)26-2)19(24)22-15(16(23)12-21-20)10-13-6-4-3-5-7-13/h3-9,11-12,15H,10H2,1-2H3,(H,22,24). The minimum absolute atomic E-state index is 0.269. The van der Waals surface area contributed by atoms with E-state index in [1.807, 2.05) is 30.3 Å². The molecule has 0 fully saturated rings. The number of amides is 1. The molecule has 0 radical (unpaired) electrons. The number of ether oxygens (including phenoxy) is 2. The maximum Gasteiger partial charge on any atom is 0.325 e. The summed E-state index contributed by atoms with van der Waals surface area (Å²) in [6, 6.07) is 13.1. The number of nitrogens with zero attached hydrogens (tertiary/aromatic N) is 2. The third kappa shape index (κ3) is 4.78. The monoisotopic (exact) mass is 353 g/mol. The fourth-order valence-electron chi connectivity index (χ4n) is 2.44. The van der Waals surface area contributed by atoms with Crippen molar-refractivity contribution < 1.29 is 23.9 Å². The van der Waals surface area contributed by atoms with Crippen LogP contribution >= 0.6 is 0 Å². The number of benzene rings is 2. The van der Waals surface area contributed by atoms with Gasteiger partial charge in [-0.2, -0.15) is 4.79 Å². The highest BCUT2D eigenvalue weighted by Crippen LogP contribution is 2.27. The van der Waals surface area contributed by atoms with Gasteiger partial charge in [0.15, 0.2) is 11.5 Å². The summed E-state index contributed by atoms with van der Waals surface area (Å²) >= 11 is 0. The van der Waals surface area contributed by atoms with Crippen LogP contribution in [0.2, 0.25) is 0 Å². The van der Waals surface area contributed by atoms with Crippen LogP contribution in [-0.2, 0) is 11.2 Å². The van der Waals surface area contributed by atoms with E-state index in [1.165, 1.54) is 20.3 Å². The smallest absolute Gasteiger partial charge is 0.325 e. The van der Waals surface area contributed by atoms with Gasteiger partial charge in [-0.25, -0.2) is 0 Å². The topological polar surface area (TPSA) is 101 Å². The lowest BCUT2D eigenvalue weighted by atomic mass is 10.0. The van der Waals surface area contributed by atoms with Gasteiger partial charge in [0.2, 0.25) is 0 Å². The number of carbonyl (C=O) groups is 2. The number of carbonyl (C=O) groups excluding carboxylic acids is 2. The average molecular weight is 353 g/mol. The third-order valence-electron chi connectivity index (χ3n) is 3.76. The maximum atomic E-state index is 12.6.